The van der Waals surface area contributed by atoms with E-state index in [2.05, 4.69) is 55.4 Å². The fourth-order valence-corrected chi connectivity index (χ4v) is 6.02. The number of hydrogen-bond acceptors (Lipinski definition) is 4. The highest BCUT2D eigenvalue weighted by atomic mass is 16.5. The molecule has 4 heteroatoms. The largest absolute Gasteiger partial charge is 0.462 e. The van der Waals surface area contributed by atoms with Crippen molar-refractivity contribution in [1.29, 1.82) is 0 Å². The third kappa shape index (κ3) is 6.96. The molecule has 4 atom stereocenters. The van der Waals surface area contributed by atoms with Crippen LogP contribution in [0.25, 0.3) is 0 Å². The van der Waals surface area contributed by atoms with Crippen LogP contribution >= 0.6 is 0 Å². The predicted octanol–water partition coefficient (Wildman–Crippen LogP) is 6.80. The number of esters is 2. The van der Waals surface area contributed by atoms with Crippen molar-refractivity contribution < 1.29 is 19.1 Å². The highest BCUT2D eigenvalue weighted by molar-refractivity contribution is 5.77. The van der Waals surface area contributed by atoms with Gasteiger partial charge in [0.05, 0.1) is 11.3 Å². The Balaban J connectivity index is 1.93. The summed E-state index contributed by atoms with van der Waals surface area (Å²) in [6.45, 7) is 17.1. The SMILES string of the molecule is CC(C)C(OC(=O)C1(C)CCC(CC(C)C(OC(=O)C2CCCC2)C(C)C)C1)C(C)C. The van der Waals surface area contributed by atoms with Crippen LogP contribution in [0.5, 0.6) is 0 Å². The summed E-state index contributed by atoms with van der Waals surface area (Å²) < 4.78 is 12.0. The standard InChI is InChI=1S/C27H48O4/c1-17(2)23(18(3)4)31-26(29)27(8)14-13-21(16-27)15-20(7)24(19(5)6)30-25(28)22-11-9-10-12-22/h17-24H,9-16H2,1-8H3. The topological polar surface area (TPSA) is 52.6 Å². The molecule has 0 N–H and O–H groups in total. The zero-order valence-corrected chi connectivity index (χ0v) is 21.4. The Bertz CT molecular complexity index is 582. The molecule has 0 aromatic rings. The van der Waals surface area contributed by atoms with Crippen molar-refractivity contribution in [2.45, 2.75) is 119 Å². The van der Waals surface area contributed by atoms with Crippen molar-refractivity contribution in [3.63, 3.8) is 0 Å². The van der Waals surface area contributed by atoms with Crippen molar-refractivity contribution in [3.05, 3.63) is 0 Å². The monoisotopic (exact) mass is 436 g/mol. The third-order valence-corrected chi connectivity index (χ3v) is 7.76. The van der Waals surface area contributed by atoms with E-state index in [4.69, 9.17) is 9.47 Å². The number of carbonyl (C=O) groups is 2. The maximum Gasteiger partial charge on any atom is 0.312 e. The number of hydrogen-bond donors (Lipinski definition) is 0. The highest BCUT2D eigenvalue weighted by Crippen LogP contribution is 2.46. The van der Waals surface area contributed by atoms with E-state index in [1.807, 2.05) is 0 Å². The smallest absolute Gasteiger partial charge is 0.312 e. The number of carbonyl (C=O) groups excluding carboxylic acids is 2. The minimum absolute atomic E-state index is 0.0105. The molecular formula is C27H48O4. The summed E-state index contributed by atoms with van der Waals surface area (Å²) in [4.78, 5) is 25.7. The molecule has 180 valence electrons. The maximum absolute atomic E-state index is 13.1. The van der Waals surface area contributed by atoms with E-state index in [1.165, 1.54) is 0 Å². The Kier molecular flexibility index (Phi) is 9.45. The lowest BCUT2D eigenvalue weighted by molar-refractivity contribution is -0.165. The van der Waals surface area contributed by atoms with Gasteiger partial charge in [-0.1, -0.05) is 61.3 Å². The Morgan fingerprint density at radius 1 is 0.839 bits per heavy atom. The molecule has 2 saturated carbocycles. The zero-order chi connectivity index (χ0) is 23.3. The van der Waals surface area contributed by atoms with Crippen LogP contribution in [-0.2, 0) is 19.1 Å². The van der Waals surface area contributed by atoms with E-state index in [0.717, 1.165) is 51.4 Å². The second-order valence-electron chi connectivity index (χ2n) is 11.9. The molecule has 0 amide bonds. The van der Waals surface area contributed by atoms with Crippen LogP contribution in [0.1, 0.15) is 107 Å². The Morgan fingerprint density at radius 2 is 1.39 bits per heavy atom. The van der Waals surface area contributed by atoms with Gasteiger partial charge in [-0.25, -0.2) is 0 Å². The molecular weight excluding hydrogens is 388 g/mol. The summed E-state index contributed by atoms with van der Waals surface area (Å²) in [6, 6.07) is 0. The number of ether oxygens (including phenoxy) is 2. The van der Waals surface area contributed by atoms with Crippen LogP contribution < -0.4 is 0 Å². The van der Waals surface area contributed by atoms with Gasteiger partial charge in [0, 0.05) is 0 Å². The second kappa shape index (κ2) is 11.2. The molecule has 2 aliphatic carbocycles. The summed E-state index contributed by atoms with van der Waals surface area (Å²) in [5.41, 5.74) is -0.389. The summed E-state index contributed by atoms with van der Waals surface area (Å²) >= 11 is 0. The van der Waals surface area contributed by atoms with Gasteiger partial charge in [-0.3, -0.25) is 9.59 Å². The lowest BCUT2D eigenvalue weighted by Crippen LogP contribution is -2.36. The van der Waals surface area contributed by atoms with E-state index in [1.54, 1.807) is 0 Å². The van der Waals surface area contributed by atoms with Gasteiger partial charge in [0.15, 0.2) is 0 Å². The van der Waals surface area contributed by atoms with Crippen LogP contribution in [0, 0.1) is 40.9 Å². The molecule has 0 spiro atoms. The van der Waals surface area contributed by atoms with Gasteiger partial charge in [-0.15, -0.1) is 0 Å². The molecule has 0 aliphatic heterocycles. The fourth-order valence-electron chi connectivity index (χ4n) is 6.02. The second-order valence-corrected chi connectivity index (χ2v) is 11.9. The lowest BCUT2D eigenvalue weighted by atomic mass is 9.83. The molecule has 0 aromatic heterocycles. The molecule has 0 bridgehead atoms. The Labute approximate surface area is 191 Å². The van der Waals surface area contributed by atoms with Gasteiger partial charge in [0.25, 0.3) is 0 Å². The zero-order valence-electron chi connectivity index (χ0n) is 21.4. The van der Waals surface area contributed by atoms with Crippen molar-refractivity contribution >= 4 is 11.9 Å². The average molecular weight is 437 g/mol. The van der Waals surface area contributed by atoms with Gasteiger partial charge in [-0.05, 0) is 75.0 Å². The Morgan fingerprint density at radius 3 is 1.90 bits per heavy atom. The first-order valence-corrected chi connectivity index (χ1v) is 12.9. The van der Waals surface area contributed by atoms with Crippen LogP contribution in [0.15, 0.2) is 0 Å². The van der Waals surface area contributed by atoms with E-state index >= 15 is 0 Å². The number of rotatable bonds is 10. The molecule has 2 aliphatic rings. The van der Waals surface area contributed by atoms with E-state index in [0.29, 0.717) is 29.6 Å². The summed E-state index contributed by atoms with van der Waals surface area (Å²) in [6.07, 6.45) is 8.00. The average Bonchev–Trinajstić information content (AvgIpc) is 3.33. The molecule has 2 fully saturated rings. The predicted molar refractivity (Wildman–Crippen MR) is 125 cm³/mol. The van der Waals surface area contributed by atoms with Gasteiger partial charge in [0.1, 0.15) is 12.2 Å². The lowest BCUT2D eigenvalue weighted by Gasteiger charge is -2.31. The van der Waals surface area contributed by atoms with Crippen molar-refractivity contribution in [1.82, 2.24) is 0 Å². The van der Waals surface area contributed by atoms with Crippen LogP contribution in [-0.4, -0.2) is 24.1 Å². The van der Waals surface area contributed by atoms with Gasteiger partial charge in [-0.2, -0.15) is 0 Å². The van der Waals surface area contributed by atoms with Crippen LogP contribution in [0.3, 0.4) is 0 Å². The minimum atomic E-state index is -0.389. The highest BCUT2D eigenvalue weighted by Gasteiger charge is 2.44. The molecule has 2 rings (SSSR count). The summed E-state index contributed by atoms with van der Waals surface area (Å²) in [5.74, 6) is 1.82. The fraction of sp³-hybridized carbons (Fsp3) is 0.926. The minimum Gasteiger partial charge on any atom is -0.462 e. The first kappa shape index (κ1) is 26.2. The maximum atomic E-state index is 13.1. The van der Waals surface area contributed by atoms with Crippen LogP contribution in [0.4, 0.5) is 0 Å². The van der Waals surface area contributed by atoms with Crippen molar-refractivity contribution in [2.24, 2.45) is 40.9 Å². The molecule has 4 unspecified atom stereocenters. The van der Waals surface area contributed by atoms with E-state index in [9.17, 15) is 9.59 Å². The molecule has 0 heterocycles. The van der Waals surface area contributed by atoms with E-state index in [-0.39, 0.29) is 35.5 Å². The quantitative estimate of drug-likeness (QED) is 0.353. The molecule has 4 nitrogen and oxygen atoms in total. The van der Waals surface area contributed by atoms with E-state index < -0.39 is 0 Å². The molecule has 0 aromatic carbocycles. The first-order valence-electron chi connectivity index (χ1n) is 12.9. The van der Waals surface area contributed by atoms with Crippen LogP contribution in [0.2, 0.25) is 0 Å². The Hall–Kier alpha value is -1.06. The van der Waals surface area contributed by atoms with Gasteiger partial charge >= 0.3 is 11.9 Å². The summed E-state index contributed by atoms with van der Waals surface area (Å²) in [7, 11) is 0. The normalized spacial score (nSPS) is 26.8. The third-order valence-electron chi connectivity index (χ3n) is 7.76. The van der Waals surface area contributed by atoms with Crippen molar-refractivity contribution in [3.8, 4) is 0 Å². The summed E-state index contributed by atoms with van der Waals surface area (Å²) in [5, 5.41) is 0. The molecule has 31 heavy (non-hydrogen) atoms. The molecule has 0 radical (unpaired) electrons. The molecule has 0 saturated heterocycles. The van der Waals surface area contributed by atoms with Gasteiger partial charge < -0.3 is 9.47 Å². The van der Waals surface area contributed by atoms with Gasteiger partial charge in [0.2, 0.25) is 0 Å². The first-order chi connectivity index (χ1) is 14.4. The van der Waals surface area contributed by atoms with Crippen molar-refractivity contribution in [2.75, 3.05) is 0 Å².